The van der Waals surface area contributed by atoms with Gasteiger partial charge in [-0.05, 0) is 57.0 Å². The number of benzene rings is 1. The number of esters is 1. The Morgan fingerprint density at radius 1 is 1.25 bits per heavy atom. The van der Waals surface area contributed by atoms with Gasteiger partial charge in [0.25, 0.3) is 0 Å². The molecule has 0 aliphatic rings. The fourth-order valence-electron chi connectivity index (χ4n) is 1.24. The normalized spacial score (nSPS) is 9.75. The van der Waals surface area contributed by atoms with Crippen molar-refractivity contribution in [3.8, 4) is 0 Å². The molecule has 0 saturated heterocycles. The van der Waals surface area contributed by atoms with Crippen LogP contribution in [0.15, 0.2) is 29.8 Å². The highest BCUT2D eigenvalue weighted by Crippen LogP contribution is 2.10. The molecule has 0 unspecified atom stereocenters. The number of aryl methyl sites for hydroxylation is 2. The summed E-state index contributed by atoms with van der Waals surface area (Å²) in [4.78, 5) is 11.6. The molecule has 2 nitrogen and oxygen atoms in total. The third-order valence-electron chi connectivity index (χ3n) is 2.45. The molecule has 1 aromatic rings. The third-order valence-corrected chi connectivity index (χ3v) is 2.45. The van der Waals surface area contributed by atoms with Crippen LogP contribution in [0.25, 0.3) is 0 Å². The molecule has 1 rings (SSSR count). The summed E-state index contributed by atoms with van der Waals surface area (Å²) in [5.74, 6) is -0.263. The van der Waals surface area contributed by atoms with Gasteiger partial charge in [-0.15, -0.1) is 0 Å². The van der Waals surface area contributed by atoms with Gasteiger partial charge in [-0.2, -0.15) is 0 Å². The van der Waals surface area contributed by atoms with E-state index >= 15 is 0 Å². The first kappa shape index (κ1) is 12.5. The molecule has 0 aliphatic carbocycles. The van der Waals surface area contributed by atoms with E-state index in [1.165, 1.54) is 5.56 Å². The molecule has 2 heteroatoms. The van der Waals surface area contributed by atoms with Gasteiger partial charge >= 0.3 is 5.97 Å². The van der Waals surface area contributed by atoms with Crippen LogP contribution in [0.5, 0.6) is 0 Å². The summed E-state index contributed by atoms with van der Waals surface area (Å²) in [6.07, 6.45) is 1.89. The second-order valence-electron chi connectivity index (χ2n) is 4.18. The molecule has 0 fully saturated rings. The SMILES string of the molecule is CC(C)=CCOC(=O)c1ccc(C)c(C)c1. The third kappa shape index (κ3) is 3.54. The van der Waals surface area contributed by atoms with Crippen molar-refractivity contribution in [1.29, 1.82) is 0 Å². The second-order valence-corrected chi connectivity index (χ2v) is 4.18. The molecule has 0 spiro atoms. The first-order valence-electron chi connectivity index (χ1n) is 5.38. The van der Waals surface area contributed by atoms with Crippen LogP contribution in [0, 0.1) is 13.8 Å². The van der Waals surface area contributed by atoms with Gasteiger partial charge in [-0.25, -0.2) is 4.79 Å². The minimum atomic E-state index is -0.263. The van der Waals surface area contributed by atoms with Gasteiger partial charge in [0.2, 0.25) is 0 Å². The second kappa shape index (κ2) is 5.50. The van der Waals surface area contributed by atoms with Crippen molar-refractivity contribution in [2.45, 2.75) is 27.7 Å². The molecular weight excluding hydrogens is 200 g/mol. The first-order valence-corrected chi connectivity index (χ1v) is 5.38. The predicted octanol–water partition coefficient (Wildman–Crippen LogP) is 3.43. The molecule has 0 heterocycles. The topological polar surface area (TPSA) is 26.3 Å². The number of allylic oxidation sites excluding steroid dienone is 1. The van der Waals surface area contributed by atoms with E-state index in [2.05, 4.69) is 0 Å². The summed E-state index contributed by atoms with van der Waals surface area (Å²) in [6.45, 7) is 8.30. The molecule has 16 heavy (non-hydrogen) atoms. The van der Waals surface area contributed by atoms with Crippen LogP contribution in [0.1, 0.15) is 35.3 Å². The minimum Gasteiger partial charge on any atom is -0.458 e. The number of hydrogen-bond donors (Lipinski definition) is 0. The fourth-order valence-corrected chi connectivity index (χ4v) is 1.24. The Kier molecular flexibility index (Phi) is 4.29. The van der Waals surface area contributed by atoms with E-state index in [0.29, 0.717) is 12.2 Å². The molecule has 0 N–H and O–H groups in total. The van der Waals surface area contributed by atoms with E-state index in [4.69, 9.17) is 4.74 Å². The van der Waals surface area contributed by atoms with Crippen LogP contribution in [-0.2, 0) is 4.74 Å². The molecule has 1 aromatic carbocycles. The van der Waals surface area contributed by atoms with Gasteiger partial charge in [0.15, 0.2) is 0 Å². The van der Waals surface area contributed by atoms with Crippen LogP contribution in [0.2, 0.25) is 0 Å². The number of hydrogen-bond acceptors (Lipinski definition) is 2. The lowest BCUT2D eigenvalue weighted by Crippen LogP contribution is -2.05. The van der Waals surface area contributed by atoms with Crippen molar-refractivity contribution < 1.29 is 9.53 Å². The lowest BCUT2D eigenvalue weighted by atomic mass is 10.1. The zero-order valence-corrected chi connectivity index (χ0v) is 10.3. The molecule has 0 saturated carbocycles. The maximum Gasteiger partial charge on any atom is 0.338 e. The fraction of sp³-hybridized carbons (Fsp3) is 0.357. The van der Waals surface area contributed by atoms with E-state index in [9.17, 15) is 4.79 Å². The smallest absolute Gasteiger partial charge is 0.338 e. The number of carbonyl (C=O) groups excluding carboxylic acids is 1. The molecule has 0 amide bonds. The lowest BCUT2D eigenvalue weighted by Gasteiger charge is -2.05. The van der Waals surface area contributed by atoms with Crippen molar-refractivity contribution >= 4 is 5.97 Å². The summed E-state index contributed by atoms with van der Waals surface area (Å²) in [7, 11) is 0. The van der Waals surface area contributed by atoms with Gasteiger partial charge < -0.3 is 4.74 Å². The highest BCUT2D eigenvalue weighted by atomic mass is 16.5. The van der Waals surface area contributed by atoms with Crippen molar-refractivity contribution in [2.75, 3.05) is 6.61 Å². The molecule has 0 atom stereocenters. The summed E-state index contributed by atoms with van der Waals surface area (Å²) in [5, 5.41) is 0. The maximum atomic E-state index is 11.6. The number of carbonyl (C=O) groups is 1. The van der Waals surface area contributed by atoms with Crippen molar-refractivity contribution in [1.82, 2.24) is 0 Å². The Morgan fingerprint density at radius 2 is 1.94 bits per heavy atom. The summed E-state index contributed by atoms with van der Waals surface area (Å²) < 4.78 is 5.12. The largest absolute Gasteiger partial charge is 0.458 e. The molecular formula is C14H18O2. The molecule has 0 bridgehead atoms. The number of ether oxygens (including phenoxy) is 1. The summed E-state index contributed by atoms with van der Waals surface area (Å²) in [5.41, 5.74) is 4.05. The first-order chi connectivity index (χ1) is 7.50. The number of rotatable bonds is 3. The van der Waals surface area contributed by atoms with Crippen molar-refractivity contribution in [3.05, 3.63) is 46.5 Å². The van der Waals surface area contributed by atoms with Gasteiger partial charge in [0, 0.05) is 0 Å². The standard InChI is InChI=1S/C14H18O2/c1-10(2)7-8-16-14(15)13-6-5-11(3)12(4)9-13/h5-7,9H,8H2,1-4H3. The van der Waals surface area contributed by atoms with E-state index in [-0.39, 0.29) is 5.97 Å². The van der Waals surface area contributed by atoms with Crippen LogP contribution < -0.4 is 0 Å². The highest BCUT2D eigenvalue weighted by Gasteiger charge is 2.06. The lowest BCUT2D eigenvalue weighted by molar-refractivity contribution is 0.0549. The van der Waals surface area contributed by atoms with Crippen molar-refractivity contribution in [2.24, 2.45) is 0 Å². The Hall–Kier alpha value is -1.57. The van der Waals surface area contributed by atoms with E-state index < -0.39 is 0 Å². The van der Waals surface area contributed by atoms with Crippen molar-refractivity contribution in [3.63, 3.8) is 0 Å². The van der Waals surface area contributed by atoms with Crippen LogP contribution in [0.4, 0.5) is 0 Å². The Bertz CT molecular complexity index is 413. The molecule has 86 valence electrons. The highest BCUT2D eigenvalue weighted by molar-refractivity contribution is 5.89. The molecule has 0 radical (unpaired) electrons. The van der Waals surface area contributed by atoms with Crippen LogP contribution in [0.3, 0.4) is 0 Å². The van der Waals surface area contributed by atoms with Gasteiger partial charge in [0.1, 0.15) is 6.61 Å². The van der Waals surface area contributed by atoms with E-state index in [1.54, 1.807) is 6.07 Å². The minimum absolute atomic E-state index is 0.263. The average Bonchev–Trinajstić information content (AvgIpc) is 2.21. The molecule has 0 aliphatic heterocycles. The van der Waals surface area contributed by atoms with Gasteiger partial charge in [-0.1, -0.05) is 11.6 Å². The summed E-state index contributed by atoms with van der Waals surface area (Å²) >= 11 is 0. The van der Waals surface area contributed by atoms with E-state index in [0.717, 1.165) is 11.1 Å². The van der Waals surface area contributed by atoms with Gasteiger partial charge in [0.05, 0.1) is 5.56 Å². The molecule has 0 aromatic heterocycles. The Labute approximate surface area is 96.9 Å². The van der Waals surface area contributed by atoms with Gasteiger partial charge in [-0.3, -0.25) is 0 Å². The Balaban J connectivity index is 2.66. The monoisotopic (exact) mass is 218 g/mol. The predicted molar refractivity (Wildman–Crippen MR) is 65.6 cm³/mol. The zero-order chi connectivity index (χ0) is 12.1. The zero-order valence-electron chi connectivity index (χ0n) is 10.3. The van der Waals surface area contributed by atoms with E-state index in [1.807, 2.05) is 45.9 Å². The summed E-state index contributed by atoms with van der Waals surface area (Å²) in [6, 6.07) is 5.60. The Morgan fingerprint density at radius 3 is 2.50 bits per heavy atom. The maximum absolute atomic E-state index is 11.6. The van der Waals surface area contributed by atoms with Crippen LogP contribution in [-0.4, -0.2) is 12.6 Å². The van der Waals surface area contributed by atoms with Crippen LogP contribution >= 0.6 is 0 Å². The average molecular weight is 218 g/mol. The quantitative estimate of drug-likeness (QED) is 0.574.